The summed E-state index contributed by atoms with van der Waals surface area (Å²) in [6.45, 7) is 9.00. The zero-order valence-corrected chi connectivity index (χ0v) is 18.3. The van der Waals surface area contributed by atoms with E-state index in [2.05, 4.69) is 52.0 Å². The van der Waals surface area contributed by atoms with E-state index in [1.54, 1.807) is 0 Å². The second-order valence-corrected chi connectivity index (χ2v) is 7.82. The third-order valence-electron chi connectivity index (χ3n) is 2.41. The van der Waals surface area contributed by atoms with Crippen molar-refractivity contribution < 1.29 is 78.9 Å². The van der Waals surface area contributed by atoms with Crippen LogP contribution < -0.4 is 34.8 Å². The standard InChI is InChI=1S/C12H18.Fe.Na.H2O5S2.H2O2/c1-9(2)11-7-5-6-8-12(11)10(3)4;;;1-6(2)7(3,4)5;1-2/h5-10H,1-4H3;;;(H,1,2)(H,3,4,5);1-2H/q;+2;+1;;/p-3. The Kier molecular flexibility index (Phi) is 22.1. The van der Waals surface area contributed by atoms with Crippen molar-refractivity contribution in [3.8, 4) is 0 Å². The third-order valence-corrected chi connectivity index (χ3v) is 3.74. The molecule has 0 saturated heterocycles. The molecule has 0 aliphatic rings. The first-order valence-corrected chi connectivity index (χ1v) is 8.90. The van der Waals surface area contributed by atoms with Gasteiger partial charge < -0.3 is 19.6 Å². The van der Waals surface area contributed by atoms with Crippen molar-refractivity contribution in [3.05, 3.63) is 35.4 Å². The Hall–Kier alpha value is 0.679. The average Bonchev–Trinajstić information content (AvgIpc) is 2.40. The normalized spacial score (nSPS) is 11.0. The molecule has 0 aromatic heterocycles. The van der Waals surface area contributed by atoms with Crippen molar-refractivity contribution in [1.29, 1.82) is 0 Å². The molecule has 7 nitrogen and oxygen atoms in total. The summed E-state index contributed by atoms with van der Waals surface area (Å²) in [5.41, 5.74) is 2.99. The Morgan fingerprint density at radius 2 is 1.22 bits per heavy atom. The van der Waals surface area contributed by atoms with Gasteiger partial charge in [-0.15, -0.1) is 0 Å². The van der Waals surface area contributed by atoms with E-state index in [0.717, 1.165) is 0 Å². The predicted molar refractivity (Wildman–Crippen MR) is 75.9 cm³/mol. The van der Waals surface area contributed by atoms with Gasteiger partial charge in [-0.05, 0) is 23.0 Å². The first-order chi connectivity index (χ1) is 9.57. The molecule has 0 aliphatic heterocycles. The van der Waals surface area contributed by atoms with Crippen LogP contribution in [0.5, 0.6) is 0 Å². The molecule has 1 N–H and O–H groups in total. The van der Waals surface area contributed by atoms with Crippen molar-refractivity contribution in [2.24, 2.45) is 0 Å². The van der Waals surface area contributed by atoms with Crippen LogP contribution >= 0.6 is 0 Å². The molecule has 130 valence electrons. The Bertz CT molecular complexity index is 509. The van der Waals surface area contributed by atoms with Gasteiger partial charge in [-0.2, -0.15) is 0 Å². The molecule has 11 heteroatoms. The zero-order chi connectivity index (χ0) is 17.2. The van der Waals surface area contributed by atoms with E-state index in [4.69, 9.17) is 32.2 Å². The molecule has 0 aliphatic carbocycles. The van der Waals surface area contributed by atoms with Crippen LogP contribution in [0.3, 0.4) is 0 Å². The van der Waals surface area contributed by atoms with E-state index in [-0.39, 0.29) is 46.6 Å². The second-order valence-electron chi connectivity index (χ2n) is 4.55. The number of hydrogen-bond donors (Lipinski definition) is 1. The smallest absolute Gasteiger partial charge is 0.761 e. The quantitative estimate of drug-likeness (QED) is 0.151. The van der Waals surface area contributed by atoms with Crippen molar-refractivity contribution in [1.82, 2.24) is 0 Å². The van der Waals surface area contributed by atoms with Gasteiger partial charge in [0.1, 0.15) is 0 Å². The first-order valence-electron chi connectivity index (χ1n) is 5.90. The van der Waals surface area contributed by atoms with Crippen LogP contribution in [-0.4, -0.2) is 27.0 Å². The molecule has 1 aromatic carbocycles. The maximum atomic E-state index is 9.16. The minimum atomic E-state index is -5.07. The summed E-state index contributed by atoms with van der Waals surface area (Å²) in [4.78, 5) is 0. The third kappa shape index (κ3) is 14.7. The predicted octanol–water partition coefficient (Wildman–Crippen LogP) is -1.92. The van der Waals surface area contributed by atoms with Crippen molar-refractivity contribution >= 4 is 19.3 Å². The molecule has 1 atom stereocenters. The van der Waals surface area contributed by atoms with Crippen LogP contribution in [0.1, 0.15) is 50.7 Å². The van der Waals surface area contributed by atoms with Crippen molar-refractivity contribution in [2.75, 3.05) is 0 Å². The van der Waals surface area contributed by atoms with Crippen LogP contribution in [0.4, 0.5) is 0 Å². The van der Waals surface area contributed by atoms with Gasteiger partial charge in [0.25, 0.3) is 0 Å². The molecular formula is C12H19FeNaO7S2. The molecule has 0 saturated carbocycles. The maximum absolute atomic E-state index is 9.16. The van der Waals surface area contributed by atoms with Gasteiger partial charge in [-0.3, -0.25) is 4.21 Å². The SMILES string of the molecule is CC(C)c1ccccc1C(C)C.O=S([O-])S(=O)(=O)[O-].[Fe+2].[Na+].[O-]O. The summed E-state index contributed by atoms with van der Waals surface area (Å²) in [5.74, 6) is 1.28. The fourth-order valence-corrected chi connectivity index (χ4v) is 1.56. The molecule has 0 bridgehead atoms. The molecular weight excluding hydrogens is 399 g/mol. The molecule has 23 heavy (non-hydrogen) atoms. The van der Waals surface area contributed by atoms with E-state index in [9.17, 15) is 0 Å². The maximum Gasteiger partial charge on any atom is 2.00 e. The molecule has 1 aromatic rings. The van der Waals surface area contributed by atoms with E-state index in [1.807, 2.05) is 0 Å². The van der Waals surface area contributed by atoms with Gasteiger partial charge in [-0.1, -0.05) is 52.0 Å². The summed E-state index contributed by atoms with van der Waals surface area (Å²) in [6.07, 6.45) is 0. The fraction of sp³-hybridized carbons (Fsp3) is 0.500. The van der Waals surface area contributed by atoms with E-state index in [0.29, 0.717) is 11.8 Å². The number of rotatable bonds is 3. The summed E-state index contributed by atoms with van der Waals surface area (Å²) >= 11 is 0. The molecule has 0 fully saturated rings. The van der Waals surface area contributed by atoms with Gasteiger partial charge in [-0.25, -0.2) is 8.42 Å². The fourth-order valence-electron chi connectivity index (χ4n) is 1.56. The first kappa shape index (κ1) is 31.4. The van der Waals surface area contributed by atoms with E-state index >= 15 is 0 Å². The van der Waals surface area contributed by atoms with Gasteiger partial charge in [0.15, 0.2) is 9.15 Å². The van der Waals surface area contributed by atoms with E-state index < -0.39 is 19.3 Å². The topological polar surface area (TPSA) is 141 Å². The Morgan fingerprint density at radius 1 is 1.00 bits per heavy atom. The van der Waals surface area contributed by atoms with Crippen LogP contribution in [0.2, 0.25) is 0 Å². The van der Waals surface area contributed by atoms with Crippen LogP contribution in [0, 0.1) is 0 Å². The van der Waals surface area contributed by atoms with Crippen LogP contribution in [0.15, 0.2) is 24.3 Å². The van der Waals surface area contributed by atoms with Gasteiger partial charge >= 0.3 is 46.6 Å². The molecule has 0 amide bonds. The Morgan fingerprint density at radius 3 is 1.35 bits per heavy atom. The van der Waals surface area contributed by atoms with Crippen molar-refractivity contribution in [3.63, 3.8) is 0 Å². The largest absolute Gasteiger partial charge is 2.00 e. The average molecular weight is 418 g/mol. The molecule has 1 rings (SSSR count). The molecule has 0 heterocycles. The van der Waals surface area contributed by atoms with Gasteiger partial charge in [0.05, 0.1) is 10.1 Å². The second kappa shape index (κ2) is 16.2. The summed E-state index contributed by atoms with van der Waals surface area (Å²) in [5, 5.41) is 13.0. The monoisotopic (exact) mass is 418 g/mol. The summed E-state index contributed by atoms with van der Waals surface area (Å²) < 4.78 is 45.7. The zero-order valence-electron chi connectivity index (χ0n) is 13.5. The van der Waals surface area contributed by atoms with Gasteiger partial charge in [0.2, 0.25) is 0 Å². The Labute approximate surface area is 172 Å². The number of benzene rings is 1. The van der Waals surface area contributed by atoms with Crippen LogP contribution in [0.25, 0.3) is 0 Å². The van der Waals surface area contributed by atoms with Crippen molar-refractivity contribution in [2.45, 2.75) is 39.5 Å². The summed E-state index contributed by atoms with van der Waals surface area (Å²) in [6, 6.07) is 8.72. The minimum Gasteiger partial charge on any atom is -0.761 e. The molecule has 0 radical (unpaired) electrons. The number of hydrogen-bond acceptors (Lipinski definition) is 7. The van der Waals surface area contributed by atoms with Gasteiger partial charge in [0, 0.05) is 0 Å². The Balaban J connectivity index is -0.000000144. The molecule has 0 spiro atoms. The summed E-state index contributed by atoms with van der Waals surface area (Å²) in [7, 11) is -8.59. The molecule has 1 unspecified atom stereocenters. The van der Waals surface area contributed by atoms with E-state index in [1.165, 1.54) is 11.1 Å². The van der Waals surface area contributed by atoms with Crippen LogP contribution in [-0.2, 0) is 36.3 Å². The minimum absolute atomic E-state index is 0.